The maximum absolute atomic E-state index is 12.1. The fourth-order valence-corrected chi connectivity index (χ4v) is 2.93. The summed E-state index contributed by atoms with van der Waals surface area (Å²) < 4.78 is 6.96. The van der Waals surface area contributed by atoms with Crippen LogP contribution in [-0.2, 0) is 0 Å². The lowest BCUT2D eigenvalue weighted by molar-refractivity contribution is -0.923. The van der Waals surface area contributed by atoms with Gasteiger partial charge in [-0.1, -0.05) is 18.2 Å². The Bertz CT molecular complexity index is 647. The van der Waals surface area contributed by atoms with E-state index in [9.17, 15) is 4.79 Å². The van der Waals surface area contributed by atoms with E-state index in [-0.39, 0.29) is 29.9 Å². The van der Waals surface area contributed by atoms with E-state index in [1.165, 1.54) is 0 Å². The topological polar surface area (TPSA) is 38.3 Å². The van der Waals surface area contributed by atoms with Crippen LogP contribution in [0.25, 0.3) is 0 Å². The van der Waals surface area contributed by atoms with Crippen LogP contribution < -0.4 is 34.0 Å². The molecule has 0 aromatic heterocycles. The zero-order valence-corrected chi connectivity index (χ0v) is 18.0. The van der Waals surface area contributed by atoms with Gasteiger partial charge in [0.25, 0.3) is 5.91 Å². The molecule has 0 aliphatic rings. The van der Waals surface area contributed by atoms with Gasteiger partial charge in [0.2, 0.25) is 0 Å². The average molecular weight is 468 g/mol. The smallest absolute Gasteiger partial charge is 0.255 e. The number of amides is 1. The molecule has 0 saturated carbocycles. The molecule has 5 heteroatoms. The van der Waals surface area contributed by atoms with Gasteiger partial charge in [-0.25, -0.2) is 0 Å². The second-order valence-corrected chi connectivity index (χ2v) is 6.21. The van der Waals surface area contributed by atoms with Crippen LogP contribution in [0.15, 0.2) is 54.6 Å². The zero-order valence-electron chi connectivity index (χ0n) is 15.9. The van der Waals surface area contributed by atoms with Gasteiger partial charge in [-0.05, 0) is 57.2 Å². The number of anilines is 1. The third-order valence-corrected chi connectivity index (χ3v) is 4.99. The van der Waals surface area contributed by atoms with Gasteiger partial charge in [-0.3, -0.25) is 4.79 Å². The summed E-state index contributed by atoms with van der Waals surface area (Å²) in [6, 6.07) is 16.7. The molecule has 1 N–H and O–H groups in total. The Kier molecular flexibility index (Phi) is 9.65. The molecule has 0 radical (unpaired) electrons. The first-order valence-corrected chi connectivity index (χ1v) is 9.07. The van der Waals surface area contributed by atoms with Gasteiger partial charge in [-0.2, -0.15) is 0 Å². The van der Waals surface area contributed by atoms with Gasteiger partial charge in [-0.15, -0.1) is 0 Å². The van der Waals surface area contributed by atoms with Crippen molar-refractivity contribution in [3.05, 3.63) is 60.2 Å². The highest BCUT2D eigenvalue weighted by atomic mass is 127. The number of hydrogen-bond donors (Lipinski definition) is 1. The minimum Gasteiger partial charge on any atom is -1.00 e. The number of benzene rings is 2. The van der Waals surface area contributed by atoms with Crippen LogP contribution in [0.3, 0.4) is 0 Å². The zero-order chi connectivity index (χ0) is 18.1. The minimum absolute atomic E-state index is 0. The largest absolute Gasteiger partial charge is 1.00 e. The molecule has 0 aliphatic heterocycles. The fourth-order valence-electron chi connectivity index (χ4n) is 2.93. The van der Waals surface area contributed by atoms with Gasteiger partial charge in [0.1, 0.15) is 18.9 Å². The maximum atomic E-state index is 12.1. The number of carbonyl (C=O) groups excluding carboxylic acids is 1. The van der Waals surface area contributed by atoms with Crippen LogP contribution >= 0.6 is 0 Å². The summed E-state index contributed by atoms with van der Waals surface area (Å²) in [7, 11) is 0. The molecule has 0 bridgehead atoms. The molecule has 0 atom stereocenters. The Morgan fingerprint density at radius 3 is 2.04 bits per heavy atom. The third kappa shape index (κ3) is 6.29. The molecule has 0 saturated heterocycles. The van der Waals surface area contributed by atoms with Crippen molar-refractivity contribution in [1.82, 2.24) is 0 Å². The van der Waals surface area contributed by atoms with Crippen molar-refractivity contribution in [2.45, 2.75) is 20.8 Å². The van der Waals surface area contributed by atoms with E-state index in [1.54, 1.807) is 12.1 Å². The first kappa shape index (κ1) is 22.4. The monoisotopic (exact) mass is 468 g/mol. The highest BCUT2D eigenvalue weighted by molar-refractivity contribution is 6.04. The van der Waals surface area contributed by atoms with Crippen LogP contribution in [0.4, 0.5) is 5.69 Å². The Labute approximate surface area is 174 Å². The predicted octanol–water partition coefficient (Wildman–Crippen LogP) is 1.20. The lowest BCUT2D eigenvalue weighted by Gasteiger charge is -2.35. The number of likely N-dealkylation sites (N-methyl/N-ethyl adjacent to an activating group) is 1. The van der Waals surface area contributed by atoms with Gasteiger partial charge in [0, 0.05) is 11.3 Å². The van der Waals surface area contributed by atoms with E-state index < -0.39 is 0 Å². The molecule has 0 spiro atoms. The van der Waals surface area contributed by atoms with Crippen molar-refractivity contribution >= 4 is 11.6 Å². The summed E-state index contributed by atoms with van der Waals surface area (Å²) >= 11 is 0. The Morgan fingerprint density at radius 2 is 1.50 bits per heavy atom. The second-order valence-electron chi connectivity index (χ2n) is 6.21. The summed E-state index contributed by atoms with van der Waals surface area (Å²) in [5, 5.41) is 2.90. The van der Waals surface area contributed by atoms with Gasteiger partial charge in [0.15, 0.2) is 0 Å². The summed E-state index contributed by atoms with van der Waals surface area (Å²) in [5.74, 6) is 0.726. The molecule has 0 fully saturated rings. The van der Waals surface area contributed by atoms with E-state index in [0.717, 1.165) is 42.1 Å². The number of carbonyl (C=O) groups is 1. The Balaban J connectivity index is 0.00000338. The predicted molar refractivity (Wildman–Crippen MR) is 103 cm³/mol. The van der Waals surface area contributed by atoms with Crippen molar-refractivity contribution in [3.63, 3.8) is 0 Å². The minimum atomic E-state index is -0.106. The molecule has 0 heterocycles. The normalized spacial score (nSPS) is 10.7. The lowest BCUT2D eigenvalue weighted by atomic mass is 10.2. The SMILES string of the molecule is CC[N+](CC)(CC)CCOc1ccc(NC(=O)c2ccccc2)cc1.[I-]. The van der Waals surface area contributed by atoms with Crippen molar-refractivity contribution in [3.8, 4) is 5.75 Å². The number of rotatable bonds is 9. The molecule has 142 valence electrons. The number of ether oxygens (including phenoxy) is 1. The number of nitrogens with zero attached hydrogens (tertiary/aromatic N) is 1. The number of nitrogens with one attached hydrogen (secondary N) is 1. The number of halogens is 1. The van der Waals surface area contributed by atoms with Gasteiger partial charge < -0.3 is 38.5 Å². The van der Waals surface area contributed by atoms with Gasteiger partial charge in [0.05, 0.1) is 19.6 Å². The van der Waals surface area contributed by atoms with Crippen LogP contribution in [-0.4, -0.2) is 43.2 Å². The molecule has 1 amide bonds. The molecule has 4 nitrogen and oxygen atoms in total. The quantitative estimate of drug-likeness (QED) is 0.444. The highest BCUT2D eigenvalue weighted by Crippen LogP contribution is 2.17. The van der Waals surface area contributed by atoms with Crippen molar-refractivity contribution < 1.29 is 38.0 Å². The standard InChI is InChI=1S/C21H28N2O2.HI/c1-4-23(5-2,6-3)16-17-25-20-14-12-19(13-15-20)22-21(24)18-10-8-7-9-11-18;/h7-15H,4-6,16-17H2,1-3H3;1H. The second kappa shape index (κ2) is 11.2. The molecule has 2 aromatic carbocycles. The van der Waals surface area contributed by atoms with Crippen molar-refractivity contribution in [2.75, 3.05) is 38.1 Å². The van der Waals surface area contributed by atoms with Crippen LogP contribution in [0.5, 0.6) is 5.75 Å². The van der Waals surface area contributed by atoms with Crippen molar-refractivity contribution in [1.29, 1.82) is 0 Å². The van der Waals surface area contributed by atoms with E-state index >= 15 is 0 Å². The molecule has 26 heavy (non-hydrogen) atoms. The van der Waals surface area contributed by atoms with E-state index in [0.29, 0.717) is 12.2 Å². The summed E-state index contributed by atoms with van der Waals surface area (Å²) in [6.45, 7) is 11.8. The molecule has 0 unspecified atom stereocenters. The fraction of sp³-hybridized carbons (Fsp3) is 0.381. The molecular weight excluding hydrogens is 439 g/mol. The van der Waals surface area contributed by atoms with Gasteiger partial charge >= 0.3 is 0 Å². The highest BCUT2D eigenvalue weighted by Gasteiger charge is 2.20. The summed E-state index contributed by atoms with van der Waals surface area (Å²) in [5.41, 5.74) is 1.41. The van der Waals surface area contributed by atoms with Crippen LogP contribution in [0.1, 0.15) is 31.1 Å². The van der Waals surface area contributed by atoms with Crippen molar-refractivity contribution in [2.24, 2.45) is 0 Å². The Morgan fingerprint density at radius 1 is 0.923 bits per heavy atom. The summed E-state index contributed by atoms with van der Waals surface area (Å²) in [6.07, 6.45) is 0. The number of hydrogen-bond acceptors (Lipinski definition) is 2. The van der Waals surface area contributed by atoms with E-state index in [2.05, 4.69) is 26.1 Å². The summed E-state index contributed by atoms with van der Waals surface area (Å²) in [4.78, 5) is 12.1. The molecular formula is C21H29IN2O2. The molecule has 2 rings (SSSR count). The Hall–Kier alpha value is -1.60. The maximum Gasteiger partial charge on any atom is 0.255 e. The van der Waals surface area contributed by atoms with Crippen LogP contribution in [0.2, 0.25) is 0 Å². The van der Waals surface area contributed by atoms with Crippen LogP contribution in [0, 0.1) is 0 Å². The molecule has 2 aromatic rings. The van der Waals surface area contributed by atoms with E-state index in [1.807, 2.05) is 42.5 Å². The average Bonchev–Trinajstić information content (AvgIpc) is 2.67. The lowest BCUT2D eigenvalue weighted by Crippen LogP contribution is -3.00. The third-order valence-electron chi connectivity index (χ3n) is 4.99. The number of quaternary nitrogens is 1. The first-order chi connectivity index (χ1) is 12.1. The molecule has 0 aliphatic carbocycles. The first-order valence-electron chi connectivity index (χ1n) is 9.07. The van der Waals surface area contributed by atoms with E-state index in [4.69, 9.17) is 4.74 Å².